The maximum atomic E-state index is 12.7. The first-order valence-electron chi connectivity index (χ1n) is 13.0. The first-order chi connectivity index (χ1) is 16.6. The fourth-order valence-corrected chi connectivity index (χ4v) is 5.76. The molecule has 1 aromatic carbocycles. The number of hydrogen-bond donors (Lipinski definition) is 1. The molecule has 2 aromatic rings. The maximum absolute atomic E-state index is 12.7. The summed E-state index contributed by atoms with van der Waals surface area (Å²) in [6.45, 7) is 20.1. The van der Waals surface area contributed by atoms with Gasteiger partial charge in [-0.15, -0.1) is 0 Å². The molecule has 3 rings (SSSR count). The van der Waals surface area contributed by atoms with E-state index in [9.17, 15) is 9.59 Å². The molecule has 36 heavy (non-hydrogen) atoms. The molecule has 2 heterocycles. The molecule has 7 nitrogen and oxygen atoms in total. The Balaban J connectivity index is 1.76. The van der Waals surface area contributed by atoms with Crippen molar-refractivity contribution in [2.24, 2.45) is 0 Å². The van der Waals surface area contributed by atoms with Gasteiger partial charge >= 0.3 is 5.69 Å². The van der Waals surface area contributed by atoms with Gasteiger partial charge in [-0.1, -0.05) is 72.7 Å². The van der Waals surface area contributed by atoms with E-state index in [0.717, 1.165) is 12.0 Å². The van der Waals surface area contributed by atoms with Crippen molar-refractivity contribution in [2.75, 3.05) is 0 Å². The standard InChI is InChI=1S/C28H44N2O5Si/c1-10-22-23(35-36(8,9)28(5,6)7)15-24(34-22)30-16-20(25(31)29-26(30)32)18-33-17-19-13-11-12-14-21(19)27(2,3)4/h11-14,16,22-24H,10,15,17-18H2,1-9H3,(H,29,31,32)/t22-,23-,24-/m1/s1. The zero-order valence-electron chi connectivity index (χ0n) is 23.4. The highest BCUT2D eigenvalue weighted by atomic mass is 28.4. The maximum Gasteiger partial charge on any atom is 0.330 e. The van der Waals surface area contributed by atoms with Gasteiger partial charge in [0.15, 0.2) is 8.32 Å². The van der Waals surface area contributed by atoms with Gasteiger partial charge in [-0.05, 0) is 41.1 Å². The molecule has 0 radical (unpaired) electrons. The number of aromatic amines is 1. The normalized spacial score (nSPS) is 21.2. The van der Waals surface area contributed by atoms with E-state index in [1.54, 1.807) is 6.20 Å². The van der Waals surface area contributed by atoms with E-state index in [1.165, 1.54) is 10.1 Å². The number of ether oxygens (including phenoxy) is 2. The molecule has 1 aromatic heterocycles. The van der Waals surface area contributed by atoms with Gasteiger partial charge in [0.25, 0.3) is 5.56 Å². The third kappa shape index (κ3) is 6.46. The van der Waals surface area contributed by atoms with E-state index in [2.05, 4.69) is 72.6 Å². The summed E-state index contributed by atoms with van der Waals surface area (Å²) in [5.74, 6) is 0. The molecule has 0 spiro atoms. The first kappa shape index (κ1) is 28.6. The van der Waals surface area contributed by atoms with Crippen molar-refractivity contribution in [1.82, 2.24) is 9.55 Å². The zero-order chi connectivity index (χ0) is 26.9. The lowest BCUT2D eigenvalue weighted by molar-refractivity contribution is -0.0201. The van der Waals surface area contributed by atoms with Gasteiger partial charge in [-0.25, -0.2) is 4.79 Å². The summed E-state index contributed by atoms with van der Waals surface area (Å²) in [7, 11) is -2.01. The van der Waals surface area contributed by atoms with Crippen LogP contribution < -0.4 is 11.2 Å². The Morgan fingerprint density at radius 1 is 1.06 bits per heavy atom. The quantitative estimate of drug-likeness (QED) is 0.459. The molecule has 1 aliphatic heterocycles. The SMILES string of the molecule is CC[C@H]1O[C@@H](n2cc(COCc3ccccc3C(C)(C)C)c(=O)[nH]c2=O)C[C@H]1O[Si](C)(C)C(C)(C)C. The lowest BCUT2D eigenvalue weighted by Crippen LogP contribution is -2.45. The van der Waals surface area contributed by atoms with E-state index >= 15 is 0 Å². The first-order valence-corrected chi connectivity index (χ1v) is 15.9. The van der Waals surface area contributed by atoms with Crippen LogP contribution in [0.5, 0.6) is 0 Å². The highest BCUT2D eigenvalue weighted by Gasteiger charge is 2.44. The average molecular weight is 517 g/mol. The van der Waals surface area contributed by atoms with Gasteiger partial charge in [0.05, 0.1) is 31.0 Å². The summed E-state index contributed by atoms with van der Waals surface area (Å²) >= 11 is 0. The molecule has 0 aliphatic carbocycles. The molecule has 3 atom stereocenters. The van der Waals surface area contributed by atoms with Crippen LogP contribution in [0.4, 0.5) is 0 Å². The van der Waals surface area contributed by atoms with E-state index in [4.69, 9.17) is 13.9 Å². The summed E-state index contributed by atoms with van der Waals surface area (Å²) in [5.41, 5.74) is 1.78. The van der Waals surface area contributed by atoms with Crippen molar-refractivity contribution >= 4 is 8.32 Å². The van der Waals surface area contributed by atoms with Crippen molar-refractivity contribution in [3.63, 3.8) is 0 Å². The Labute approximate surface area is 216 Å². The Morgan fingerprint density at radius 2 is 1.69 bits per heavy atom. The predicted octanol–water partition coefficient (Wildman–Crippen LogP) is 5.64. The fraction of sp³-hybridized carbons (Fsp3) is 0.643. The van der Waals surface area contributed by atoms with E-state index in [1.807, 2.05) is 18.2 Å². The fourth-order valence-electron chi connectivity index (χ4n) is 4.41. The molecule has 1 fully saturated rings. The van der Waals surface area contributed by atoms with Crippen molar-refractivity contribution in [1.29, 1.82) is 0 Å². The van der Waals surface area contributed by atoms with Crippen LogP contribution in [0.1, 0.15) is 84.2 Å². The van der Waals surface area contributed by atoms with Crippen molar-refractivity contribution in [2.45, 2.75) is 117 Å². The van der Waals surface area contributed by atoms with Crippen LogP contribution in [0.15, 0.2) is 40.1 Å². The summed E-state index contributed by atoms with van der Waals surface area (Å²) in [4.78, 5) is 27.7. The Bertz CT molecular complexity index is 1160. The number of H-pyrrole nitrogens is 1. The Hall–Kier alpha value is -2.00. The van der Waals surface area contributed by atoms with Crippen LogP contribution in [0.3, 0.4) is 0 Å². The molecule has 0 bridgehead atoms. The second kappa shape index (κ2) is 10.8. The minimum atomic E-state index is -2.01. The number of aromatic nitrogens is 2. The lowest BCUT2D eigenvalue weighted by Gasteiger charge is -2.39. The molecular formula is C28H44N2O5Si. The number of hydrogen-bond acceptors (Lipinski definition) is 5. The Morgan fingerprint density at radius 3 is 2.31 bits per heavy atom. The van der Waals surface area contributed by atoms with Crippen molar-refractivity contribution < 1.29 is 13.9 Å². The summed E-state index contributed by atoms with van der Waals surface area (Å²) in [6, 6.07) is 8.17. The topological polar surface area (TPSA) is 82.5 Å². The van der Waals surface area contributed by atoms with Crippen LogP contribution in [-0.4, -0.2) is 30.1 Å². The number of nitrogens with one attached hydrogen (secondary N) is 1. The minimum Gasteiger partial charge on any atom is -0.411 e. The van der Waals surface area contributed by atoms with E-state index in [-0.39, 0.29) is 29.3 Å². The average Bonchev–Trinajstić information content (AvgIpc) is 3.15. The van der Waals surface area contributed by atoms with Gasteiger partial charge in [0.1, 0.15) is 6.23 Å². The molecule has 1 N–H and O–H groups in total. The molecule has 8 heteroatoms. The predicted molar refractivity (Wildman–Crippen MR) is 146 cm³/mol. The Kier molecular flexibility index (Phi) is 8.55. The monoisotopic (exact) mass is 516 g/mol. The summed E-state index contributed by atoms with van der Waals surface area (Å²) in [6.07, 6.45) is 2.26. The summed E-state index contributed by atoms with van der Waals surface area (Å²) in [5, 5.41) is 0.0777. The zero-order valence-corrected chi connectivity index (χ0v) is 24.4. The van der Waals surface area contributed by atoms with Crippen molar-refractivity contribution in [3.8, 4) is 0 Å². The van der Waals surface area contributed by atoms with Crippen LogP contribution in [0.25, 0.3) is 0 Å². The molecule has 0 saturated carbocycles. The molecule has 200 valence electrons. The second-order valence-electron chi connectivity index (χ2n) is 12.4. The number of rotatable bonds is 8. The van der Waals surface area contributed by atoms with E-state index < -0.39 is 25.8 Å². The summed E-state index contributed by atoms with van der Waals surface area (Å²) < 4.78 is 20.4. The second-order valence-corrected chi connectivity index (χ2v) is 17.2. The van der Waals surface area contributed by atoms with Crippen LogP contribution in [-0.2, 0) is 32.5 Å². The number of nitrogens with zero attached hydrogens (tertiary/aromatic N) is 1. The van der Waals surface area contributed by atoms with Gasteiger partial charge < -0.3 is 13.9 Å². The third-order valence-electron chi connectivity index (χ3n) is 7.53. The highest BCUT2D eigenvalue weighted by Crippen LogP contribution is 2.41. The van der Waals surface area contributed by atoms with Gasteiger partial charge in [0.2, 0.25) is 0 Å². The van der Waals surface area contributed by atoms with Gasteiger partial charge in [-0.2, -0.15) is 0 Å². The smallest absolute Gasteiger partial charge is 0.330 e. The molecule has 0 amide bonds. The van der Waals surface area contributed by atoms with Gasteiger partial charge in [0, 0.05) is 12.6 Å². The van der Waals surface area contributed by atoms with Crippen molar-refractivity contribution in [3.05, 3.63) is 68.0 Å². The largest absolute Gasteiger partial charge is 0.411 e. The number of benzene rings is 1. The lowest BCUT2D eigenvalue weighted by atomic mass is 9.84. The van der Waals surface area contributed by atoms with Crippen LogP contribution >= 0.6 is 0 Å². The van der Waals surface area contributed by atoms with Gasteiger partial charge in [-0.3, -0.25) is 14.3 Å². The minimum absolute atomic E-state index is 0.0106. The highest BCUT2D eigenvalue weighted by molar-refractivity contribution is 6.74. The molecule has 0 unspecified atom stereocenters. The molecule has 1 aliphatic rings. The van der Waals surface area contributed by atoms with Crippen LogP contribution in [0.2, 0.25) is 18.1 Å². The molecular weight excluding hydrogens is 472 g/mol. The molecule has 1 saturated heterocycles. The van der Waals surface area contributed by atoms with Crippen LogP contribution in [0, 0.1) is 0 Å². The third-order valence-corrected chi connectivity index (χ3v) is 12.0. The van der Waals surface area contributed by atoms with E-state index in [0.29, 0.717) is 18.6 Å².